The van der Waals surface area contributed by atoms with Crippen LogP contribution in [0.15, 0.2) is 29.5 Å². The molecule has 0 aliphatic carbocycles. The van der Waals surface area contributed by atoms with Gasteiger partial charge < -0.3 is 15.2 Å². The standard InChI is InChI=1S/C13H16N4O2/c1-9-8-17(13(14)16-9)15-7-10-6-11(18-2)4-5-12(10)19-3/h4-8H,1-3H3,(H2,14,16). The minimum Gasteiger partial charge on any atom is -0.497 e. The van der Waals surface area contributed by atoms with Gasteiger partial charge in [-0.1, -0.05) is 0 Å². The normalized spacial score (nSPS) is 10.9. The highest BCUT2D eigenvalue weighted by Crippen LogP contribution is 2.22. The molecule has 1 aromatic carbocycles. The van der Waals surface area contributed by atoms with E-state index in [2.05, 4.69) is 10.1 Å². The van der Waals surface area contributed by atoms with E-state index in [1.165, 1.54) is 4.68 Å². The van der Waals surface area contributed by atoms with Crippen LogP contribution in [0.25, 0.3) is 0 Å². The van der Waals surface area contributed by atoms with E-state index in [-0.39, 0.29) is 0 Å². The summed E-state index contributed by atoms with van der Waals surface area (Å²) in [5.74, 6) is 1.78. The summed E-state index contributed by atoms with van der Waals surface area (Å²) in [5, 5.41) is 4.25. The molecule has 1 heterocycles. The first-order valence-corrected chi connectivity index (χ1v) is 5.72. The van der Waals surface area contributed by atoms with Crippen molar-refractivity contribution in [3.63, 3.8) is 0 Å². The van der Waals surface area contributed by atoms with Crippen molar-refractivity contribution in [2.45, 2.75) is 6.92 Å². The van der Waals surface area contributed by atoms with Gasteiger partial charge in [-0.15, -0.1) is 0 Å². The fourth-order valence-electron chi connectivity index (χ4n) is 1.66. The predicted octanol–water partition coefficient (Wildman–Crippen LogP) is 1.67. The summed E-state index contributed by atoms with van der Waals surface area (Å²) >= 11 is 0. The maximum atomic E-state index is 5.71. The van der Waals surface area contributed by atoms with Crippen molar-refractivity contribution in [2.75, 3.05) is 20.0 Å². The SMILES string of the molecule is COc1ccc(OC)c(C=Nn2cc(C)nc2N)c1. The monoisotopic (exact) mass is 260 g/mol. The number of imidazole rings is 1. The summed E-state index contributed by atoms with van der Waals surface area (Å²) in [5.41, 5.74) is 7.33. The van der Waals surface area contributed by atoms with Crippen LogP contribution in [-0.2, 0) is 0 Å². The summed E-state index contributed by atoms with van der Waals surface area (Å²) < 4.78 is 11.9. The third kappa shape index (κ3) is 2.85. The Hall–Kier alpha value is -2.50. The van der Waals surface area contributed by atoms with E-state index >= 15 is 0 Å². The molecule has 0 fully saturated rings. The lowest BCUT2D eigenvalue weighted by Crippen LogP contribution is -1.98. The van der Waals surface area contributed by atoms with Crippen molar-refractivity contribution in [2.24, 2.45) is 5.10 Å². The van der Waals surface area contributed by atoms with Crippen LogP contribution >= 0.6 is 0 Å². The van der Waals surface area contributed by atoms with E-state index < -0.39 is 0 Å². The molecule has 0 aliphatic heterocycles. The Morgan fingerprint density at radius 2 is 2.11 bits per heavy atom. The van der Waals surface area contributed by atoms with E-state index in [0.717, 1.165) is 17.0 Å². The Morgan fingerprint density at radius 3 is 2.68 bits per heavy atom. The minimum atomic E-state index is 0.343. The third-order valence-electron chi connectivity index (χ3n) is 2.59. The fourth-order valence-corrected chi connectivity index (χ4v) is 1.66. The number of aryl methyl sites for hydroxylation is 1. The van der Waals surface area contributed by atoms with Gasteiger partial charge in [-0.25, -0.2) is 9.66 Å². The molecule has 2 N–H and O–H groups in total. The van der Waals surface area contributed by atoms with E-state index in [1.807, 2.05) is 25.1 Å². The molecule has 0 saturated carbocycles. The molecule has 0 bridgehead atoms. The Kier molecular flexibility index (Phi) is 3.70. The van der Waals surface area contributed by atoms with Crippen molar-refractivity contribution in [3.05, 3.63) is 35.7 Å². The molecular formula is C13H16N4O2. The number of nitrogen functional groups attached to an aromatic ring is 1. The van der Waals surface area contributed by atoms with Crippen LogP contribution in [-0.4, -0.2) is 30.1 Å². The number of hydrogen-bond donors (Lipinski definition) is 1. The number of hydrogen-bond acceptors (Lipinski definition) is 5. The van der Waals surface area contributed by atoms with Gasteiger partial charge in [-0.2, -0.15) is 5.10 Å². The van der Waals surface area contributed by atoms with Crippen molar-refractivity contribution in [1.82, 2.24) is 9.66 Å². The number of nitrogens with two attached hydrogens (primary N) is 1. The maximum absolute atomic E-state index is 5.71. The van der Waals surface area contributed by atoms with Crippen LogP contribution in [0.1, 0.15) is 11.3 Å². The van der Waals surface area contributed by atoms with Crippen LogP contribution in [0.3, 0.4) is 0 Å². The van der Waals surface area contributed by atoms with Crippen LogP contribution in [0.2, 0.25) is 0 Å². The first kappa shape index (κ1) is 12.9. The molecule has 6 nitrogen and oxygen atoms in total. The Balaban J connectivity index is 2.33. The van der Waals surface area contributed by atoms with Gasteiger partial charge in [-0.3, -0.25) is 0 Å². The molecule has 6 heteroatoms. The molecule has 19 heavy (non-hydrogen) atoms. The van der Waals surface area contributed by atoms with Gasteiger partial charge in [-0.05, 0) is 25.1 Å². The highest BCUT2D eigenvalue weighted by molar-refractivity contribution is 5.84. The second kappa shape index (κ2) is 5.43. The van der Waals surface area contributed by atoms with E-state index in [4.69, 9.17) is 15.2 Å². The third-order valence-corrected chi connectivity index (χ3v) is 2.59. The van der Waals surface area contributed by atoms with Crippen LogP contribution in [0.5, 0.6) is 11.5 Å². The van der Waals surface area contributed by atoms with Crippen molar-refractivity contribution in [3.8, 4) is 11.5 Å². The maximum Gasteiger partial charge on any atom is 0.221 e. The van der Waals surface area contributed by atoms with Crippen molar-refractivity contribution in [1.29, 1.82) is 0 Å². The summed E-state index contributed by atoms with van der Waals surface area (Å²) in [7, 11) is 3.22. The zero-order valence-electron chi connectivity index (χ0n) is 11.1. The Bertz CT molecular complexity index is 605. The number of anilines is 1. The smallest absolute Gasteiger partial charge is 0.221 e. The Morgan fingerprint density at radius 1 is 1.32 bits per heavy atom. The largest absolute Gasteiger partial charge is 0.497 e. The lowest BCUT2D eigenvalue weighted by Gasteiger charge is -2.06. The summed E-state index contributed by atoms with van der Waals surface area (Å²) in [6, 6.07) is 5.48. The molecule has 0 radical (unpaired) electrons. The fraction of sp³-hybridized carbons (Fsp3) is 0.231. The molecule has 1 aromatic heterocycles. The molecule has 0 saturated heterocycles. The number of methoxy groups -OCH3 is 2. The summed E-state index contributed by atoms with van der Waals surface area (Å²) in [4.78, 5) is 4.07. The number of aromatic nitrogens is 2. The van der Waals surface area contributed by atoms with E-state index in [1.54, 1.807) is 26.6 Å². The van der Waals surface area contributed by atoms with Crippen molar-refractivity contribution < 1.29 is 9.47 Å². The van der Waals surface area contributed by atoms with Gasteiger partial charge in [0, 0.05) is 5.56 Å². The molecule has 100 valence electrons. The molecule has 0 atom stereocenters. The topological polar surface area (TPSA) is 74.7 Å². The summed E-state index contributed by atoms with van der Waals surface area (Å²) in [6.45, 7) is 1.86. The molecule has 0 amide bonds. The van der Waals surface area contributed by atoms with Gasteiger partial charge in [0.05, 0.1) is 32.3 Å². The number of rotatable bonds is 4. The molecule has 0 aliphatic rings. The number of benzene rings is 1. The first-order valence-electron chi connectivity index (χ1n) is 5.72. The minimum absolute atomic E-state index is 0.343. The molecular weight excluding hydrogens is 244 g/mol. The second-order valence-corrected chi connectivity index (χ2v) is 3.94. The average molecular weight is 260 g/mol. The van der Waals surface area contributed by atoms with Crippen LogP contribution in [0.4, 0.5) is 5.95 Å². The van der Waals surface area contributed by atoms with Gasteiger partial charge >= 0.3 is 0 Å². The number of nitrogens with zero attached hydrogens (tertiary/aromatic N) is 3. The van der Waals surface area contributed by atoms with Crippen molar-refractivity contribution >= 4 is 12.2 Å². The second-order valence-electron chi connectivity index (χ2n) is 3.94. The van der Waals surface area contributed by atoms with E-state index in [0.29, 0.717) is 11.7 Å². The quantitative estimate of drug-likeness (QED) is 0.848. The lowest BCUT2D eigenvalue weighted by molar-refractivity contribution is 0.402. The van der Waals surface area contributed by atoms with Crippen LogP contribution in [0, 0.1) is 6.92 Å². The molecule has 0 spiro atoms. The molecule has 2 aromatic rings. The molecule has 2 rings (SSSR count). The van der Waals surface area contributed by atoms with E-state index in [9.17, 15) is 0 Å². The Labute approximate surface area is 111 Å². The number of ether oxygens (including phenoxy) is 2. The highest BCUT2D eigenvalue weighted by Gasteiger charge is 2.03. The predicted molar refractivity (Wildman–Crippen MR) is 73.9 cm³/mol. The van der Waals surface area contributed by atoms with Gasteiger partial charge in [0.25, 0.3) is 0 Å². The average Bonchev–Trinajstić information content (AvgIpc) is 2.74. The zero-order chi connectivity index (χ0) is 13.8. The van der Waals surface area contributed by atoms with Gasteiger partial charge in [0.15, 0.2) is 0 Å². The van der Waals surface area contributed by atoms with Gasteiger partial charge in [0.1, 0.15) is 11.5 Å². The molecule has 0 unspecified atom stereocenters. The van der Waals surface area contributed by atoms with Crippen LogP contribution < -0.4 is 15.2 Å². The summed E-state index contributed by atoms with van der Waals surface area (Å²) in [6.07, 6.45) is 3.40. The van der Waals surface area contributed by atoms with Gasteiger partial charge in [0.2, 0.25) is 5.95 Å². The highest BCUT2D eigenvalue weighted by atomic mass is 16.5. The lowest BCUT2D eigenvalue weighted by atomic mass is 10.2. The zero-order valence-corrected chi connectivity index (χ0v) is 11.1. The first-order chi connectivity index (χ1) is 9.13.